The Hall–Kier alpha value is -1.77. The van der Waals surface area contributed by atoms with Crippen LogP contribution >= 0.6 is 0 Å². The predicted molar refractivity (Wildman–Crippen MR) is 83.0 cm³/mol. The van der Waals surface area contributed by atoms with Crippen molar-refractivity contribution in [2.75, 3.05) is 18.5 Å². The first-order valence-electron chi connectivity index (χ1n) is 7.46. The number of pyridine rings is 1. The molecule has 0 atom stereocenters. The van der Waals surface area contributed by atoms with Crippen LogP contribution in [0.4, 0.5) is 5.82 Å². The van der Waals surface area contributed by atoms with Crippen molar-refractivity contribution in [3.8, 4) is 5.75 Å². The van der Waals surface area contributed by atoms with Gasteiger partial charge in [-0.15, -0.1) is 0 Å². The van der Waals surface area contributed by atoms with E-state index in [1.165, 1.54) is 30.4 Å². The Bertz CT molecular complexity index is 556. The Morgan fingerprint density at radius 2 is 2.20 bits per heavy atom. The lowest BCUT2D eigenvalue weighted by Gasteiger charge is -2.26. The van der Waals surface area contributed by atoms with E-state index in [4.69, 9.17) is 4.74 Å². The van der Waals surface area contributed by atoms with E-state index in [1.807, 2.05) is 6.20 Å². The normalized spacial score (nSPS) is 19.7. The first kappa shape index (κ1) is 13.2. The van der Waals surface area contributed by atoms with E-state index in [0.717, 1.165) is 29.6 Å². The maximum atomic E-state index is 5.64. The molecule has 1 saturated carbocycles. The number of ether oxygens (including phenoxy) is 1. The second-order valence-electron chi connectivity index (χ2n) is 5.73. The molecule has 1 aromatic rings. The largest absolute Gasteiger partial charge is 0.488 e. The van der Waals surface area contributed by atoms with E-state index in [9.17, 15) is 0 Å². The molecule has 0 spiro atoms. The molecule has 0 radical (unpaired) electrons. The molecule has 1 aromatic heterocycles. The van der Waals surface area contributed by atoms with Gasteiger partial charge in [0.05, 0.1) is 6.54 Å². The molecule has 20 heavy (non-hydrogen) atoms. The van der Waals surface area contributed by atoms with Crippen LogP contribution in [-0.2, 0) is 0 Å². The molecule has 2 aliphatic rings. The van der Waals surface area contributed by atoms with Gasteiger partial charge in [0.25, 0.3) is 0 Å². The molecule has 3 heteroatoms. The molecular formula is C17H22N2O. The van der Waals surface area contributed by atoms with E-state index >= 15 is 0 Å². The fraction of sp³-hybridized carbons (Fsp3) is 0.471. The molecule has 0 unspecified atom stereocenters. The Labute approximate surface area is 120 Å². The van der Waals surface area contributed by atoms with E-state index in [2.05, 4.69) is 42.4 Å². The molecule has 0 amide bonds. The van der Waals surface area contributed by atoms with Crippen LogP contribution in [0.2, 0.25) is 0 Å². The zero-order valence-electron chi connectivity index (χ0n) is 12.3. The van der Waals surface area contributed by atoms with Crippen molar-refractivity contribution in [2.24, 2.45) is 5.92 Å². The van der Waals surface area contributed by atoms with Gasteiger partial charge < -0.3 is 10.1 Å². The van der Waals surface area contributed by atoms with Crippen LogP contribution in [0.1, 0.15) is 38.7 Å². The summed E-state index contributed by atoms with van der Waals surface area (Å²) < 4.78 is 5.64. The molecule has 2 heterocycles. The topological polar surface area (TPSA) is 34.1 Å². The number of hydrogen-bond acceptors (Lipinski definition) is 3. The number of nitrogens with one attached hydrogen (secondary N) is 1. The van der Waals surface area contributed by atoms with Gasteiger partial charge in [0.15, 0.2) is 11.6 Å². The zero-order chi connectivity index (χ0) is 13.9. The van der Waals surface area contributed by atoms with Crippen LogP contribution in [0.3, 0.4) is 0 Å². The average Bonchev–Trinajstić information content (AvgIpc) is 2.42. The predicted octanol–water partition coefficient (Wildman–Crippen LogP) is 4.04. The quantitative estimate of drug-likeness (QED) is 0.842. The van der Waals surface area contributed by atoms with Crippen LogP contribution in [0, 0.1) is 5.92 Å². The summed E-state index contributed by atoms with van der Waals surface area (Å²) >= 11 is 0. The monoisotopic (exact) mass is 270 g/mol. The fourth-order valence-electron chi connectivity index (χ4n) is 2.59. The van der Waals surface area contributed by atoms with Gasteiger partial charge in [-0.2, -0.15) is 0 Å². The van der Waals surface area contributed by atoms with Gasteiger partial charge in [-0.1, -0.05) is 24.1 Å². The lowest BCUT2D eigenvalue weighted by atomic mass is 9.80. The first-order chi connectivity index (χ1) is 9.74. The minimum atomic E-state index is 0.710. The molecule has 0 saturated heterocycles. The van der Waals surface area contributed by atoms with Crippen molar-refractivity contribution in [3.63, 3.8) is 0 Å². The highest BCUT2D eigenvalue weighted by Gasteiger charge is 2.18. The Morgan fingerprint density at radius 1 is 1.35 bits per heavy atom. The minimum Gasteiger partial charge on any atom is -0.488 e. The van der Waals surface area contributed by atoms with Gasteiger partial charge in [-0.05, 0) is 49.8 Å². The van der Waals surface area contributed by atoms with Gasteiger partial charge in [-0.3, -0.25) is 0 Å². The van der Waals surface area contributed by atoms with Gasteiger partial charge in [-0.25, -0.2) is 4.98 Å². The van der Waals surface area contributed by atoms with E-state index < -0.39 is 0 Å². The number of fused-ring (bicyclic) bond motifs is 1. The first-order valence-corrected chi connectivity index (χ1v) is 7.46. The molecule has 1 fully saturated rings. The highest BCUT2D eigenvalue weighted by molar-refractivity contribution is 5.68. The maximum absolute atomic E-state index is 5.64. The number of allylic oxidation sites excluding steroid dienone is 4. The summed E-state index contributed by atoms with van der Waals surface area (Å²) in [4.78, 5) is 4.43. The van der Waals surface area contributed by atoms with Crippen LogP contribution in [-0.4, -0.2) is 18.1 Å². The smallest absolute Gasteiger partial charge is 0.168 e. The van der Waals surface area contributed by atoms with Crippen molar-refractivity contribution < 1.29 is 4.74 Å². The average molecular weight is 270 g/mol. The summed E-state index contributed by atoms with van der Waals surface area (Å²) in [6.07, 6.45) is 10.5. The van der Waals surface area contributed by atoms with Crippen molar-refractivity contribution in [1.82, 2.24) is 4.98 Å². The summed E-state index contributed by atoms with van der Waals surface area (Å²) in [6, 6.07) is 2.08. The number of anilines is 1. The number of rotatable bonds is 3. The second-order valence-corrected chi connectivity index (χ2v) is 5.73. The molecule has 3 nitrogen and oxygen atoms in total. The van der Waals surface area contributed by atoms with Crippen LogP contribution in [0.5, 0.6) is 5.75 Å². The molecule has 106 valence electrons. The van der Waals surface area contributed by atoms with E-state index in [-0.39, 0.29) is 0 Å². The van der Waals surface area contributed by atoms with Crippen molar-refractivity contribution >= 4 is 11.4 Å². The van der Waals surface area contributed by atoms with Gasteiger partial charge >= 0.3 is 0 Å². The molecule has 1 aliphatic carbocycles. The second kappa shape index (κ2) is 5.70. The number of aromatic nitrogens is 1. The van der Waals surface area contributed by atoms with Crippen molar-refractivity contribution in [2.45, 2.75) is 33.1 Å². The molecule has 0 bridgehead atoms. The summed E-state index contributed by atoms with van der Waals surface area (Å²) in [5.74, 6) is 2.53. The van der Waals surface area contributed by atoms with Gasteiger partial charge in [0, 0.05) is 6.20 Å². The molecule has 1 aliphatic heterocycles. The fourth-order valence-corrected chi connectivity index (χ4v) is 2.59. The molecule has 0 aromatic carbocycles. The highest BCUT2D eigenvalue weighted by Crippen LogP contribution is 2.33. The van der Waals surface area contributed by atoms with Crippen LogP contribution in [0.25, 0.3) is 5.57 Å². The lowest BCUT2D eigenvalue weighted by molar-refractivity contribution is 0.321. The molecule has 3 rings (SSSR count). The zero-order valence-corrected chi connectivity index (χ0v) is 12.3. The third-order valence-electron chi connectivity index (χ3n) is 4.31. The Morgan fingerprint density at radius 3 is 2.95 bits per heavy atom. The number of nitrogens with zero attached hydrogens (tertiary/aromatic N) is 1. The number of hydrogen-bond donors (Lipinski definition) is 1. The van der Waals surface area contributed by atoms with E-state index in [1.54, 1.807) is 0 Å². The summed E-state index contributed by atoms with van der Waals surface area (Å²) in [5, 5.41) is 3.24. The summed E-state index contributed by atoms with van der Waals surface area (Å²) in [6.45, 7) is 5.91. The SMILES string of the molecule is C/C(=C\C=C(/C)C1CCC1)c1cnc2c(c1)OCCN2. The van der Waals surface area contributed by atoms with Crippen LogP contribution < -0.4 is 10.1 Å². The van der Waals surface area contributed by atoms with E-state index in [0.29, 0.717) is 6.61 Å². The third-order valence-corrected chi connectivity index (χ3v) is 4.31. The minimum absolute atomic E-state index is 0.710. The Balaban J connectivity index is 1.77. The lowest BCUT2D eigenvalue weighted by Crippen LogP contribution is -2.19. The van der Waals surface area contributed by atoms with Crippen LogP contribution in [0.15, 0.2) is 30.0 Å². The van der Waals surface area contributed by atoms with Gasteiger partial charge in [0.2, 0.25) is 0 Å². The molecule has 1 N–H and O–H groups in total. The molecular weight excluding hydrogens is 248 g/mol. The highest BCUT2D eigenvalue weighted by atomic mass is 16.5. The maximum Gasteiger partial charge on any atom is 0.168 e. The van der Waals surface area contributed by atoms with Crippen molar-refractivity contribution in [3.05, 3.63) is 35.6 Å². The van der Waals surface area contributed by atoms with Gasteiger partial charge in [0.1, 0.15) is 6.61 Å². The van der Waals surface area contributed by atoms with Crippen molar-refractivity contribution in [1.29, 1.82) is 0 Å². The summed E-state index contributed by atoms with van der Waals surface area (Å²) in [7, 11) is 0. The third kappa shape index (κ3) is 2.72. The Kier molecular flexibility index (Phi) is 3.77. The standard InChI is InChI=1S/C17H22N2O/c1-12(14-4-3-5-14)6-7-13(2)15-10-16-17(19-11-15)18-8-9-20-16/h6-7,10-11,14H,3-5,8-9H2,1-2H3,(H,18,19)/b12-6+,13-7+. The summed E-state index contributed by atoms with van der Waals surface area (Å²) in [5.41, 5.74) is 3.86.